The molecule has 0 bridgehead atoms. The molecule has 3 N–H and O–H groups in total. The Bertz CT molecular complexity index is 655. The van der Waals surface area contributed by atoms with Gasteiger partial charge in [0.2, 0.25) is 0 Å². The van der Waals surface area contributed by atoms with Crippen LogP contribution in [0.15, 0.2) is 46.9 Å². The smallest absolute Gasteiger partial charge is 0.255 e. The van der Waals surface area contributed by atoms with Gasteiger partial charge in [-0.3, -0.25) is 4.79 Å². The first-order chi connectivity index (χ1) is 10.0. The molecule has 0 heterocycles. The Balaban J connectivity index is 2.25. The van der Waals surface area contributed by atoms with Crippen molar-refractivity contribution in [3.05, 3.63) is 58.1 Å². The van der Waals surface area contributed by atoms with Gasteiger partial charge in [-0.15, -0.1) is 0 Å². The predicted molar refractivity (Wildman–Crippen MR) is 91.7 cm³/mol. The zero-order valence-electron chi connectivity index (χ0n) is 12.2. The molecule has 0 fully saturated rings. The number of para-hydroxylation sites is 1. The quantitative estimate of drug-likeness (QED) is 0.781. The molecule has 1 unspecified atom stereocenters. The van der Waals surface area contributed by atoms with Crippen molar-refractivity contribution in [3.8, 4) is 0 Å². The van der Waals surface area contributed by atoms with Gasteiger partial charge in [0.1, 0.15) is 0 Å². The molecule has 0 saturated heterocycles. The van der Waals surface area contributed by atoms with Crippen molar-refractivity contribution in [1.29, 1.82) is 0 Å². The summed E-state index contributed by atoms with van der Waals surface area (Å²) >= 11 is 3.33. The summed E-state index contributed by atoms with van der Waals surface area (Å²) in [5.74, 6) is 0.251. The lowest BCUT2D eigenvalue weighted by atomic mass is 9.97. The molecule has 1 amide bonds. The molecule has 0 aliphatic rings. The lowest BCUT2D eigenvalue weighted by molar-refractivity contribution is 0.102. The molecule has 0 spiro atoms. The molecule has 2 rings (SSSR count). The predicted octanol–water partition coefficient (Wildman–Crippen LogP) is 4.80. The third-order valence-corrected chi connectivity index (χ3v) is 4.33. The van der Waals surface area contributed by atoms with Crippen LogP contribution in [0.3, 0.4) is 0 Å². The van der Waals surface area contributed by atoms with Gasteiger partial charge in [0.05, 0.1) is 0 Å². The van der Waals surface area contributed by atoms with Crippen LogP contribution in [0.4, 0.5) is 11.4 Å². The minimum absolute atomic E-state index is 0.148. The van der Waals surface area contributed by atoms with Gasteiger partial charge in [0.25, 0.3) is 5.91 Å². The number of benzene rings is 2. The van der Waals surface area contributed by atoms with Gasteiger partial charge in [-0.25, -0.2) is 0 Å². The first-order valence-corrected chi connectivity index (χ1v) is 7.77. The number of nitrogens with two attached hydrogens (primary N) is 1. The lowest BCUT2D eigenvalue weighted by Crippen LogP contribution is -2.14. The summed E-state index contributed by atoms with van der Waals surface area (Å²) in [4.78, 5) is 12.4. The number of hydrogen-bond acceptors (Lipinski definition) is 2. The van der Waals surface area contributed by atoms with E-state index in [-0.39, 0.29) is 5.91 Å². The number of carbonyl (C=O) groups is 1. The molecule has 2 aromatic rings. The van der Waals surface area contributed by atoms with Crippen LogP contribution in [-0.4, -0.2) is 5.91 Å². The normalized spacial score (nSPS) is 12.0. The molecule has 2 aromatic carbocycles. The summed E-state index contributed by atoms with van der Waals surface area (Å²) in [5.41, 5.74) is 8.94. The number of amides is 1. The minimum atomic E-state index is -0.148. The molecule has 0 aromatic heterocycles. The number of nitrogens with one attached hydrogen (secondary N) is 1. The van der Waals surface area contributed by atoms with Crippen molar-refractivity contribution >= 4 is 33.2 Å². The molecule has 0 radical (unpaired) electrons. The van der Waals surface area contributed by atoms with Gasteiger partial charge in [0.15, 0.2) is 0 Å². The second-order valence-corrected chi connectivity index (χ2v) is 5.94. The molecule has 0 aliphatic carbocycles. The average molecular weight is 347 g/mol. The maximum atomic E-state index is 12.4. The van der Waals surface area contributed by atoms with E-state index in [0.717, 1.165) is 22.1 Å². The van der Waals surface area contributed by atoms with E-state index in [0.29, 0.717) is 17.2 Å². The summed E-state index contributed by atoms with van der Waals surface area (Å²) in [6.07, 6.45) is 1.03. The van der Waals surface area contributed by atoms with Crippen LogP contribution in [0.1, 0.15) is 42.1 Å². The first kappa shape index (κ1) is 15.6. The molecule has 0 aliphatic heterocycles. The fourth-order valence-corrected chi connectivity index (χ4v) is 2.39. The van der Waals surface area contributed by atoms with Gasteiger partial charge >= 0.3 is 0 Å². The monoisotopic (exact) mass is 346 g/mol. The van der Waals surface area contributed by atoms with Crippen molar-refractivity contribution in [2.45, 2.75) is 26.2 Å². The molecular weight excluding hydrogens is 328 g/mol. The van der Waals surface area contributed by atoms with E-state index in [1.165, 1.54) is 0 Å². The fraction of sp³-hybridized carbons (Fsp3) is 0.235. The SMILES string of the molecule is CCC(C)c1ccccc1NC(=O)c1ccc(Br)c(N)c1. The molecule has 21 heavy (non-hydrogen) atoms. The van der Waals surface area contributed by atoms with E-state index in [9.17, 15) is 4.79 Å². The average Bonchev–Trinajstić information content (AvgIpc) is 2.49. The van der Waals surface area contributed by atoms with Gasteiger partial charge < -0.3 is 11.1 Å². The zero-order chi connectivity index (χ0) is 15.4. The van der Waals surface area contributed by atoms with Crippen molar-refractivity contribution in [3.63, 3.8) is 0 Å². The van der Waals surface area contributed by atoms with E-state index in [4.69, 9.17) is 5.73 Å². The van der Waals surface area contributed by atoms with Crippen LogP contribution in [-0.2, 0) is 0 Å². The molecule has 4 heteroatoms. The molecule has 3 nitrogen and oxygen atoms in total. The highest BCUT2D eigenvalue weighted by Crippen LogP contribution is 2.27. The Morgan fingerprint density at radius 2 is 2.00 bits per heavy atom. The van der Waals surface area contributed by atoms with Crippen molar-refractivity contribution in [2.24, 2.45) is 0 Å². The lowest BCUT2D eigenvalue weighted by Gasteiger charge is -2.15. The van der Waals surface area contributed by atoms with Crippen LogP contribution in [0.2, 0.25) is 0 Å². The third-order valence-electron chi connectivity index (χ3n) is 3.61. The Hall–Kier alpha value is -1.81. The summed E-state index contributed by atoms with van der Waals surface area (Å²) in [5, 5.41) is 2.98. The number of hydrogen-bond donors (Lipinski definition) is 2. The maximum absolute atomic E-state index is 12.4. The van der Waals surface area contributed by atoms with E-state index in [2.05, 4.69) is 41.2 Å². The van der Waals surface area contributed by atoms with E-state index >= 15 is 0 Å². The highest BCUT2D eigenvalue weighted by atomic mass is 79.9. The van der Waals surface area contributed by atoms with Crippen molar-refractivity contribution in [2.75, 3.05) is 11.1 Å². The topological polar surface area (TPSA) is 55.1 Å². The largest absolute Gasteiger partial charge is 0.398 e. The molecule has 1 atom stereocenters. The Kier molecular flexibility index (Phi) is 5.02. The first-order valence-electron chi connectivity index (χ1n) is 6.98. The van der Waals surface area contributed by atoms with Gasteiger partial charge in [-0.1, -0.05) is 32.0 Å². The van der Waals surface area contributed by atoms with Gasteiger partial charge in [-0.2, -0.15) is 0 Å². The zero-order valence-corrected chi connectivity index (χ0v) is 13.8. The standard InChI is InChI=1S/C17H19BrN2O/c1-3-11(2)13-6-4-5-7-16(13)20-17(21)12-8-9-14(18)15(19)10-12/h4-11H,3,19H2,1-2H3,(H,20,21). The number of nitrogen functional groups attached to an aromatic ring is 1. The highest BCUT2D eigenvalue weighted by molar-refractivity contribution is 9.10. The van der Waals surface area contributed by atoms with Crippen LogP contribution >= 0.6 is 15.9 Å². The molecular formula is C17H19BrN2O. The van der Waals surface area contributed by atoms with E-state index < -0.39 is 0 Å². The van der Waals surface area contributed by atoms with Gasteiger partial charge in [0, 0.05) is 21.4 Å². The second kappa shape index (κ2) is 6.76. The van der Waals surface area contributed by atoms with E-state index in [1.807, 2.05) is 18.2 Å². The second-order valence-electron chi connectivity index (χ2n) is 5.09. The maximum Gasteiger partial charge on any atom is 0.255 e. The third kappa shape index (κ3) is 3.64. The van der Waals surface area contributed by atoms with Crippen molar-refractivity contribution in [1.82, 2.24) is 0 Å². The number of carbonyl (C=O) groups excluding carboxylic acids is 1. The summed E-state index contributed by atoms with van der Waals surface area (Å²) in [6.45, 7) is 4.29. The molecule has 0 saturated carbocycles. The number of anilines is 2. The van der Waals surface area contributed by atoms with Gasteiger partial charge in [-0.05, 0) is 58.1 Å². The molecule has 110 valence electrons. The summed E-state index contributed by atoms with van der Waals surface area (Å²) < 4.78 is 0.791. The Morgan fingerprint density at radius 3 is 2.67 bits per heavy atom. The Labute approximate surface area is 133 Å². The highest BCUT2D eigenvalue weighted by Gasteiger charge is 2.12. The fourth-order valence-electron chi connectivity index (χ4n) is 2.14. The van der Waals surface area contributed by atoms with Crippen LogP contribution in [0, 0.1) is 0 Å². The van der Waals surface area contributed by atoms with E-state index in [1.54, 1.807) is 18.2 Å². The summed E-state index contributed by atoms with van der Waals surface area (Å²) in [7, 11) is 0. The summed E-state index contributed by atoms with van der Waals surface area (Å²) in [6, 6.07) is 13.1. The Morgan fingerprint density at radius 1 is 1.29 bits per heavy atom. The number of rotatable bonds is 4. The van der Waals surface area contributed by atoms with Crippen LogP contribution in [0.25, 0.3) is 0 Å². The van der Waals surface area contributed by atoms with Crippen LogP contribution < -0.4 is 11.1 Å². The minimum Gasteiger partial charge on any atom is -0.398 e. The number of halogens is 1. The van der Waals surface area contributed by atoms with Crippen molar-refractivity contribution < 1.29 is 4.79 Å². The van der Waals surface area contributed by atoms with Crippen LogP contribution in [0.5, 0.6) is 0 Å².